The summed E-state index contributed by atoms with van der Waals surface area (Å²) in [5, 5.41) is 4.88. The molecule has 0 spiro atoms. The van der Waals surface area contributed by atoms with E-state index in [2.05, 4.69) is 10.3 Å². The fourth-order valence-electron chi connectivity index (χ4n) is 2.43. The lowest BCUT2D eigenvalue weighted by Crippen LogP contribution is -2.12. The Balaban J connectivity index is 1.87. The van der Waals surface area contributed by atoms with Gasteiger partial charge in [-0.1, -0.05) is 42.5 Å². The van der Waals surface area contributed by atoms with Crippen LogP contribution in [0.2, 0.25) is 0 Å². The van der Waals surface area contributed by atoms with Crippen molar-refractivity contribution in [2.45, 2.75) is 13.1 Å². The van der Waals surface area contributed by atoms with E-state index in [0.29, 0.717) is 24.3 Å². The summed E-state index contributed by atoms with van der Waals surface area (Å²) in [6, 6.07) is 17.5. The molecule has 0 amide bonds. The summed E-state index contributed by atoms with van der Waals surface area (Å²) >= 11 is 0. The molecule has 0 saturated heterocycles. The Hall–Kier alpha value is -2.59. The number of nitrogens with two attached hydrogens (primary N) is 1. The summed E-state index contributed by atoms with van der Waals surface area (Å²) < 4.78 is 0. The SMILES string of the molecule is NCc1ccccc1CNc1cc2ccccc2c(=O)[nH]1. The smallest absolute Gasteiger partial charge is 0.257 e. The van der Waals surface area contributed by atoms with Crippen molar-refractivity contribution in [1.82, 2.24) is 4.98 Å². The maximum absolute atomic E-state index is 12.0. The highest BCUT2D eigenvalue weighted by atomic mass is 16.1. The van der Waals surface area contributed by atoms with Gasteiger partial charge >= 0.3 is 0 Å². The molecule has 21 heavy (non-hydrogen) atoms. The fraction of sp³-hybridized carbons (Fsp3) is 0.118. The first-order chi connectivity index (χ1) is 10.3. The molecule has 4 N–H and O–H groups in total. The number of hydrogen-bond donors (Lipinski definition) is 3. The summed E-state index contributed by atoms with van der Waals surface area (Å²) in [5.74, 6) is 0.713. The first-order valence-corrected chi connectivity index (χ1v) is 6.91. The first kappa shape index (κ1) is 13.4. The monoisotopic (exact) mass is 279 g/mol. The van der Waals surface area contributed by atoms with Gasteiger partial charge in [0.1, 0.15) is 5.82 Å². The van der Waals surface area contributed by atoms with E-state index in [1.807, 2.05) is 54.6 Å². The second-order valence-electron chi connectivity index (χ2n) is 4.93. The van der Waals surface area contributed by atoms with Crippen LogP contribution in [0.15, 0.2) is 59.4 Å². The number of aromatic nitrogens is 1. The van der Waals surface area contributed by atoms with Gasteiger partial charge in [-0.15, -0.1) is 0 Å². The number of H-pyrrole nitrogens is 1. The average Bonchev–Trinajstić information content (AvgIpc) is 2.53. The Morgan fingerprint density at radius 2 is 1.71 bits per heavy atom. The predicted octanol–water partition coefficient (Wildman–Crippen LogP) is 2.60. The van der Waals surface area contributed by atoms with Crippen LogP contribution in [-0.4, -0.2) is 4.98 Å². The number of rotatable bonds is 4. The van der Waals surface area contributed by atoms with Crippen molar-refractivity contribution in [3.8, 4) is 0 Å². The maximum atomic E-state index is 12.0. The van der Waals surface area contributed by atoms with Gasteiger partial charge < -0.3 is 16.0 Å². The van der Waals surface area contributed by atoms with Crippen LogP contribution in [0.1, 0.15) is 11.1 Å². The van der Waals surface area contributed by atoms with E-state index in [-0.39, 0.29) is 5.56 Å². The quantitative estimate of drug-likeness (QED) is 0.687. The lowest BCUT2D eigenvalue weighted by atomic mass is 10.1. The van der Waals surface area contributed by atoms with E-state index in [1.54, 1.807) is 0 Å². The molecule has 0 aliphatic heterocycles. The number of anilines is 1. The zero-order valence-electron chi connectivity index (χ0n) is 11.6. The van der Waals surface area contributed by atoms with E-state index in [0.717, 1.165) is 16.5 Å². The second-order valence-corrected chi connectivity index (χ2v) is 4.93. The molecule has 0 aliphatic rings. The molecule has 106 valence electrons. The van der Waals surface area contributed by atoms with E-state index >= 15 is 0 Å². The highest BCUT2D eigenvalue weighted by molar-refractivity contribution is 5.83. The molecule has 4 heteroatoms. The molecule has 3 aromatic rings. The van der Waals surface area contributed by atoms with Gasteiger partial charge in [0.25, 0.3) is 5.56 Å². The Morgan fingerprint density at radius 1 is 1.00 bits per heavy atom. The van der Waals surface area contributed by atoms with Crippen molar-refractivity contribution in [2.24, 2.45) is 5.73 Å². The minimum atomic E-state index is -0.0808. The number of aromatic amines is 1. The van der Waals surface area contributed by atoms with E-state index < -0.39 is 0 Å². The van der Waals surface area contributed by atoms with Crippen molar-refractivity contribution < 1.29 is 0 Å². The Kier molecular flexibility index (Phi) is 3.71. The van der Waals surface area contributed by atoms with Gasteiger partial charge in [-0.05, 0) is 28.6 Å². The summed E-state index contributed by atoms with van der Waals surface area (Å²) in [5.41, 5.74) is 7.89. The van der Waals surface area contributed by atoms with Crippen LogP contribution in [0, 0.1) is 0 Å². The van der Waals surface area contributed by atoms with Gasteiger partial charge in [-0.2, -0.15) is 0 Å². The normalized spacial score (nSPS) is 10.7. The van der Waals surface area contributed by atoms with Crippen molar-refractivity contribution in [2.75, 3.05) is 5.32 Å². The third-order valence-electron chi connectivity index (χ3n) is 3.56. The standard InChI is InChI=1S/C17H17N3O/c18-10-13-6-1-2-7-14(13)11-19-16-9-12-5-3-4-8-15(12)17(21)20-16/h1-9H,10-11,18H2,(H2,19,20,21). The van der Waals surface area contributed by atoms with Crippen molar-refractivity contribution in [1.29, 1.82) is 0 Å². The van der Waals surface area contributed by atoms with Crippen molar-refractivity contribution in [3.05, 3.63) is 76.1 Å². The van der Waals surface area contributed by atoms with Gasteiger partial charge in [0.15, 0.2) is 0 Å². The molecule has 3 rings (SSSR count). The molecular weight excluding hydrogens is 262 g/mol. The number of nitrogens with one attached hydrogen (secondary N) is 2. The zero-order chi connectivity index (χ0) is 14.7. The molecule has 1 aromatic heterocycles. The van der Waals surface area contributed by atoms with Crippen molar-refractivity contribution >= 4 is 16.6 Å². The zero-order valence-corrected chi connectivity index (χ0v) is 11.6. The Labute approximate surface area is 122 Å². The molecule has 0 atom stereocenters. The number of fused-ring (bicyclic) bond motifs is 1. The van der Waals surface area contributed by atoms with Gasteiger partial charge in [0.05, 0.1) is 0 Å². The number of pyridine rings is 1. The molecule has 4 nitrogen and oxygen atoms in total. The average molecular weight is 279 g/mol. The van der Waals surface area contributed by atoms with Gasteiger partial charge in [-0.3, -0.25) is 4.79 Å². The molecule has 0 aliphatic carbocycles. The minimum absolute atomic E-state index is 0.0808. The molecule has 0 fully saturated rings. The summed E-state index contributed by atoms with van der Waals surface area (Å²) in [7, 11) is 0. The highest BCUT2D eigenvalue weighted by Crippen LogP contribution is 2.14. The summed E-state index contributed by atoms with van der Waals surface area (Å²) in [6.45, 7) is 1.13. The summed E-state index contributed by atoms with van der Waals surface area (Å²) in [4.78, 5) is 14.9. The van der Waals surface area contributed by atoms with E-state index in [1.165, 1.54) is 0 Å². The van der Waals surface area contributed by atoms with Crippen LogP contribution in [0.25, 0.3) is 10.8 Å². The van der Waals surface area contributed by atoms with Gasteiger partial charge in [0, 0.05) is 18.5 Å². The molecule has 0 unspecified atom stereocenters. The number of benzene rings is 2. The largest absolute Gasteiger partial charge is 0.367 e. The predicted molar refractivity (Wildman–Crippen MR) is 86.2 cm³/mol. The molecule has 0 bridgehead atoms. The van der Waals surface area contributed by atoms with Crippen LogP contribution >= 0.6 is 0 Å². The second kappa shape index (κ2) is 5.81. The lowest BCUT2D eigenvalue weighted by molar-refractivity contribution is 1.00. The molecule has 0 radical (unpaired) electrons. The van der Waals surface area contributed by atoms with E-state index in [9.17, 15) is 4.79 Å². The van der Waals surface area contributed by atoms with E-state index in [4.69, 9.17) is 5.73 Å². The Bertz CT molecular complexity index is 823. The topological polar surface area (TPSA) is 70.9 Å². The first-order valence-electron chi connectivity index (χ1n) is 6.91. The maximum Gasteiger partial charge on any atom is 0.257 e. The third kappa shape index (κ3) is 2.80. The van der Waals surface area contributed by atoms with Crippen LogP contribution in [0.4, 0.5) is 5.82 Å². The van der Waals surface area contributed by atoms with Crippen LogP contribution in [-0.2, 0) is 13.1 Å². The van der Waals surface area contributed by atoms with Crippen LogP contribution < -0.4 is 16.6 Å². The number of hydrogen-bond acceptors (Lipinski definition) is 3. The molecule has 1 heterocycles. The molecular formula is C17H17N3O. The van der Waals surface area contributed by atoms with Crippen LogP contribution in [0.5, 0.6) is 0 Å². The Morgan fingerprint density at radius 3 is 2.52 bits per heavy atom. The molecule has 0 saturated carbocycles. The third-order valence-corrected chi connectivity index (χ3v) is 3.56. The highest BCUT2D eigenvalue weighted by Gasteiger charge is 2.03. The fourth-order valence-corrected chi connectivity index (χ4v) is 2.43. The molecule has 2 aromatic carbocycles. The van der Waals surface area contributed by atoms with Crippen LogP contribution in [0.3, 0.4) is 0 Å². The lowest BCUT2D eigenvalue weighted by Gasteiger charge is -2.10. The minimum Gasteiger partial charge on any atom is -0.367 e. The summed E-state index contributed by atoms with van der Waals surface area (Å²) in [6.07, 6.45) is 0. The van der Waals surface area contributed by atoms with Gasteiger partial charge in [0.2, 0.25) is 0 Å². The van der Waals surface area contributed by atoms with Crippen molar-refractivity contribution in [3.63, 3.8) is 0 Å². The van der Waals surface area contributed by atoms with Gasteiger partial charge in [-0.25, -0.2) is 0 Å².